The van der Waals surface area contributed by atoms with Crippen LogP contribution in [-0.4, -0.2) is 14.8 Å². The number of hydrogen-bond acceptors (Lipinski definition) is 2. The Bertz CT molecular complexity index is 971. The Morgan fingerprint density at radius 3 is 1.85 bits per heavy atom. The van der Waals surface area contributed by atoms with E-state index in [9.17, 15) is 0 Å². The molecule has 0 bridgehead atoms. The topological polar surface area (TPSA) is 30.7 Å². The Labute approximate surface area is 154 Å². The average molecular weight is 339 g/mol. The van der Waals surface area contributed by atoms with Crippen molar-refractivity contribution >= 4 is 0 Å². The minimum atomic E-state index is 0.890. The molecule has 0 fully saturated rings. The van der Waals surface area contributed by atoms with Crippen LogP contribution in [0.3, 0.4) is 0 Å². The molecule has 3 aromatic carbocycles. The van der Waals surface area contributed by atoms with Gasteiger partial charge in [0.2, 0.25) is 0 Å². The van der Waals surface area contributed by atoms with E-state index < -0.39 is 0 Å². The van der Waals surface area contributed by atoms with Gasteiger partial charge in [-0.2, -0.15) is 0 Å². The van der Waals surface area contributed by atoms with Crippen molar-refractivity contribution in [2.24, 2.45) is 0 Å². The number of benzene rings is 3. The van der Waals surface area contributed by atoms with E-state index in [1.165, 1.54) is 11.1 Å². The molecule has 0 saturated heterocycles. The quantitative estimate of drug-likeness (QED) is 0.477. The van der Waals surface area contributed by atoms with Crippen molar-refractivity contribution in [1.29, 1.82) is 0 Å². The molecule has 0 amide bonds. The van der Waals surface area contributed by atoms with Crippen LogP contribution in [0, 0.1) is 0 Å². The predicted molar refractivity (Wildman–Crippen MR) is 106 cm³/mol. The lowest BCUT2D eigenvalue weighted by Gasteiger charge is -2.11. The van der Waals surface area contributed by atoms with E-state index in [1.54, 1.807) is 0 Å². The summed E-state index contributed by atoms with van der Waals surface area (Å²) >= 11 is 0. The molecule has 1 aromatic heterocycles. The summed E-state index contributed by atoms with van der Waals surface area (Å²) in [5.74, 6) is 1.89. The highest BCUT2D eigenvalue weighted by Gasteiger charge is 2.14. The van der Waals surface area contributed by atoms with Crippen molar-refractivity contribution in [3.8, 4) is 28.2 Å². The Balaban J connectivity index is 1.78. The first-order valence-electron chi connectivity index (χ1n) is 9.02. The Morgan fingerprint density at radius 1 is 0.654 bits per heavy atom. The van der Waals surface area contributed by atoms with Crippen molar-refractivity contribution in [3.63, 3.8) is 0 Å². The summed E-state index contributed by atoms with van der Waals surface area (Å²) in [4.78, 5) is 0. The molecule has 0 N–H and O–H groups in total. The van der Waals surface area contributed by atoms with Crippen LogP contribution in [0.4, 0.5) is 0 Å². The Hall–Kier alpha value is -3.20. The van der Waals surface area contributed by atoms with E-state index in [-0.39, 0.29) is 0 Å². The van der Waals surface area contributed by atoms with Crippen LogP contribution in [0.2, 0.25) is 0 Å². The van der Waals surface area contributed by atoms with Gasteiger partial charge in [-0.05, 0) is 29.7 Å². The van der Waals surface area contributed by atoms with Gasteiger partial charge in [-0.1, -0.05) is 79.7 Å². The summed E-state index contributed by atoms with van der Waals surface area (Å²) in [5, 5.41) is 8.93. The van der Waals surface area contributed by atoms with Crippen molar-refractivity contribution in [3.05, 3.63) is 90.8 Å². The zero-order valence-corrected chi connectivity index (χ0v) is 14.8. The van der Waals surface area contributed by atoms with E-state index in [0.717, 1.165) is 35.7 Å². The van der Waals surface area contributed by atoms with E-state index in [4.69, 9.17) is 0 Å². The van der Waals surface area contributed by atoms with Crippen LogP contribution < -0.4 is 0 Å². The van der Waals surface area contributed by atoms with Gasteiger partial charge in [0.1, 0.15) is 5.82 Å². The first-order valence-corrected chi connectivity index (χ1v) is 9.02. The van der Waals surface area contributed by atoms with Crippen LogP contribution in [-0.2, 0) is 6.42 Å². The molecule has 0 spiro atoms. The summed E-state index contributed by atoms with van der Waals surface area (Å²) in [6.45, 7) is 2.17. The van der Waals surface area contributed by atoms with Gasteiger partial charge in [-0.3, -0.25) is 4.57 Å². The van der Waals surface area contributed by atoms with Gasteiger partial charge in [0.05, 0.1) is 0 Å². The minimum Gasteiger partial charge on any atom is -0.279 e. The third kappa shape index (κ3) is 3.16. The molecule has 3 heteroatoms. The molecular weight excluding hydrogens is 318 g/mol. The molecule has 0 aliphatic rings. The summed E-state index contributed by atoms with van der Waals surface area (Å²) in [5.41, 5.74) is 4.60. The van der Waals surface area contributed by atoms with Crippen molar-refractivity contribution in [2.45, 2.75) is 19.8 Å². The van der Waals surface area contributed by atoms with Crippen LogP contribution >= 0.6 is 0 Å². The first kappa shape index (κ1) is 16.3. The van der Waals surface area contributed by atoms with E-state index in [2.05, 4.69) is 82.4 Å². The zero-order valence-electron chi connectivity index (χ0n) is 14.8. The third-order valence-electron chi connectivity index (χ3n) is 4.47. The fourth-order valence-corrected chi connectivity index (χ4v) is 3.18. The van der Waals surface area contributed by atoms with E-state index >= 15 is 0 Å². The predicted octanol–water partition coefficient (Wildman–Crippen LogP) is 5.55. The van der Waals surface area contributed by atoms with Gasteiger partial charge >= 0.3 is 0 Å². The summed E-state index contributed by atoms with van der Waals surface area (Å²) in [7, 11) is 0. The van der Waals surface area contributed by atoms with Crippen LogP contribution in [0.15, 0.2) is 84.9 Å². The fourth-order valence-electron chi connectivity index (χ4n) is 3.18. The molecule has 3 nitrogen and oxygen atoms in total. The Morgan fingerprint density at radius 2 is 1.23 bits per heavy atom. The van der Waals surface area contributed by atoms with Gasteiger partial charge in [0.15, 0.2) is 5.82 Å². The fraction of sp³-hybridized carbons (Fsp3) is 0.130. The summed E-state index contributed by atoms with van der Waals surface area (Å²) in [6, 6.07) is 29.3. The molecule has 4 aromatic rings. The number of aryl methyl sites for hydroxylation is 1. The lowest BCUT2D eigenvalue weighted by molar-refractivity contribution is 0.804. The summed E-state index contributed by atoms with van der Waals surface area (Å²) in [6.07, 6.45) is 1.94. The average Bonchev–Trinajstić information content (AvgIpc) is 3.13. The third-order valence-corrected chi connectivity index (χ3v) is 4.47. The molecule has 1 heterocycles. The normalized spacial score (nSPS) is 10.8. The first-order chi connectivity index (χ1) is 12.9. The van der Waals surface area contributed by atoms with Gasteiger partial charge in [-0.25, -0.2) is 0 Å². The smallest absolute Gasteiger partial charge is 0.168 e. The SMILES string of the molecule is CCCc1nnc(-c2ccccc2)n1-c1ccc(-c2ccccc2)cc1. The van der Waals surface area contributed by atoms with E-state index in [0.29, 0.717) is 0 Å². The highest BCUT2D eigenvalue weighted by Crippen LogP contribution is 2.26. The molecule has 0 radical (unpaired) electrons. The van der Waals surface area contributed by atoms with Crippen molar-refractivity contribution < 1.29 is 0 Å². The largest absolute Gasteiger partial charge is 0.279 e. The maximum atomic E-state index is 4.47. The number of rotatable bonds is 5. The number of hydrogen-bond donors (Lipinski definition) is 0. The van der Waals surface area contributed by atoms with Gasteiger partial charge in [-0.15, -0.1) is 10.2 Å². The zero-order chi connectivity index (χ0) is 17.8. The second kappa shape index (κ2) is 7.36. The highest BCUT2D eigenvalue weighted by molar-refractivity contribution is 5.65. The minimum absolute atomic E-state index is 0.890. The second-order valence-corrected chi connectivity index (χ2v) is 6.30. The van der Waals surface area contributed by atoms with Crippen LogP contribution in [0.1, 0.15) is 19.2 Å². The Kier molecular flexibility index (Phi) is 4.61. The monoisotopic (exact) mass is 339 g/mol. The highest BCUT2D eigenvalue weighted by atomic mass is 15.3. The standard InChI is InChI=1S/C23H21N3/c1-2-9-22-24-25-23(20-12-7-4-8-13-20)26(22)21-16-14-19(15-17-21)18-10-5-3-6-11-18/h3-8,10-17H,2,9H2,1H3. The molecular formula is C23H21N3. The van der Waals surface area contributed by atoms with Crippen molar-refractivity contribution in [2.75, 3.05) is 0 Å². The lowest BCUT2D eigenvalue weighted by atomic mass is 10.1. The van der Waals surface area contributed by atoms with E-state index in [1.807, 2.05) is 24.3 Å². The van der Waals surface area contributed by atoms with Crippen LogP contribution in [0.5, 0.6) is 0 Å². The maximum Gasteiger partial charge on any atom is 0.168 e. The van der Waals surface area contributed by atoms with Gasteiger partial charge in [0.25, 0.3) is 0 Å². The molecule has 128 valence electrons. The van der Waals surface area contributed by atoms with Gasteiger partial charge < -0.3 is 0 Å². The molecule has 0 aliphatic carbocycles. The number of nitrogens with zero attached hydrogens (tertiary/aromatic N) is 3. The van der Waals surface area contributed by atoms with Crippen molar-refractivity contribution in [1.82, 2.24) is 14.8 Å². The molecule has 0 unspecified atom stereocenters. The molecule has 0 atom stereocenters. The molecule has 26 heavy (non-hydrogen) atoms. The molecule has 4 rings (SSSR count). The summed E-state index contributed by atoms with van der Waals surface area (Å²) < 4.78 is 2.17. The van der Waals surface area contributed by atoms with Gasteiger partial charge in [0, 0.05) is 17.7 Å². The molecule has 0 saturated carbocycles. The maximum absolute atomic E-state index is 4.47. The number of aromatic nitrogens is 3. The second-order valence-electron chi connectivity index (χ2n) is 6.30. The lowest BCUT2D eigenvalue weighted by Crippen LogP contribution is -2.03. The molecule has 0 aliphatic heterocycles. The van der Waals surface area contributed by atoms with Crippen LogP contribution in [0.25, 0.3) is 28.2 Å².